The molecule has 1 aromatic heterocycles. The third-order valence-corrected chi connectivity index (χ3v) is 4.47. The molecule has 0 spiro atoms. The minimum atomic E-state index is -0.450. The van der Waals surface area contributed by atoms with Gasteiger partial charge in [-0.1, -0.05) is 12.1 Å². The number of nitrogens with zero attached hydrogens (tertiary/aromatic N) is 3. The maximum Gasteiger partial charge on any atom is 0.242 e. The number of methoxy groups -OCH3 is 1. The number of hydrogen-bond donors (Lipinski definition) is 0. The lowest BCUT2D eigenvalue weighted by molar-refractivity contribution is -0.132. The number of carbonyl (C=O) groups excluding carboxylic acids is 1. The van der Waals surface area contributed by atoms with Crippen LogP contribution in [-0.2, 0) is 16.1 Å². The monoisotopic (exact) mass is 329 g/mol. The number of likely N-dealkylation sites (tertiary alicyclic amines) is 1. The molecule has 6 heteroatoms. The van der Waals surface area contributed by atoms with Gasteiger partial charge >= 0.3 is 0 Å². The highest BCUT2D eigenvalue weighted by Crippen LogP contribution is 2.27. The minimum Gasteiger partial charge on any atom is -0.491 e. The summed E-state index contributed by atoms with van der Waals surface area (Å²) in [6.45, 7) is 3.99. The Morgan fingerprint density at radius 3 is 3.00 bits per heavy atom. The van der Waals surface area contributed by atoms with E-state index in [1.807, 2.05) is 36.1 Å². The average Bonchev–Trinajstić information content (AvgIpc) is 3.23. The van der Waals surface area contributed by atoms with Crippen molar-refractivity contribution < 1.29 is 14.3 Å². The van der Waals surface area contributed by atoms with Gasteiger partial charge in [-0.3, -0.25) is 4.79 Å². The van der Waals surface area contributed by atoms with Crippen LogP contribution >= 0.6 is 0 Å². The normalized spacial score (nSPS) is 20.3. The van der Waals surface area contributed by atoms with E-state index in [9.17, 15) is 4.79 Å². The van der Waals surface area contributed by atoms with Crippen LogP contribution in [0, 0.1) is 6.92 Å². The van der Waals surface area contributed by atoms with E-state index < -0.39 is 5.60 Å². The van der Waals surface area contributed by atoms with Gasteiger partial charge in [-0.05, 0) is 31.0 Å². The van der Waals surface area contributed by atoms with Crippen LogP contribution in [0.15, 0.2) is 43.0 Å². The molecule has 1 aliphatic rings. The van der Waals surface area contributed by atoms with Crippen LogP contribution in [0.2, 0.25) is 0 Å². The van der Waals surface area contributed by atoms with Gasteiger partial charge in [0.05, 0.1) is 12.9 Å². The highest BCUT2D eigenvalue weighted by Gasteiger charge is 2.41. The van der Waals surface area contributed by atoms with Gasteiger partial charge in [0, 0.05) is 26.0 Å². The van der Waals surface area contributed by atoms with Crippen LogP contribution in [0.1, 0.15) is 12.0 Å². The van der Waals surface area contributed by atoms with E-state index in [2.05, 4.69) is 4.98 Å². The number of aromatic nitrogens is 2. The zero-order valence-corrected chi connectivity index (χ0v) is 14.1. The molecular weight excluding hydrogens is 306 g/mol. The fourth-order valence-electron chi connectivity index (χ4n) is 2.96. The van der Waals surface area contributed by atoms with Crippen molar-refractivity contribution in [3.8, 4) is 5.75 Å². The first-order valence-electron chi connectivity index (χ1n) is 8.08. The maximum absolute atomic E-state index is 12.4. The van der Waals surface area contributed by atoms with E-state index >= 15 is 0 Å². The topological polar surface area (TPSA) is 56.6 Å². The lowest BCUT2D eigenvalue weighted by Gasteiger charge is -2.28. The Hall–Kier alpha value is -2.34. The molecule has 1 saturated heterocycles. The summed E-state index contributed by atoms with van der Waals surface area (Å²) in [4.78, 5) is 18.2. The number of ether oxygens (including phenoxy) is 2. The molecule has 24 heavy (non-hydrogen) atoms. The second kappa shape index (κ2) is 7.05. The summed E-state index contributed by atoms with van der Waals surface area (Å²) >= 11 is 0. The number of aryl methyl sites for hydroxylation is 1. The third-order valence-electron chi connectivity index (χ3n) is 4.47. The fourth-order valence-corrected chi connectivity index (χ4v) is 2.96. The number of benzene rings is 1. The molecule has 1 atom stereocenters. The Bertz CT molecular complexity index is 687. The summed E-state index contributed by atoms with van der Waals surface area (Å²) in [5.74, 6) is 0.900. The minimum absolute atomic E-state index is 0.0717. The largest absolute Gasteiger partial charge is 0.491 e. The van der Waals surface area contributed by atoms with E-state index in [1.165, 1.54) is 0 Å². The first-order valence-corrected chi connectivity index (χ1v) is 8.08. The summed E-state index contributed by atoms with van der Waals surface area (Å²) < 4.78 is 13.4. The first-order chi connectivity index (χ1) is 11.6. The van der Waals surface area contributed by atoms with Crippen molar-refractivity contribution in [1.82, 2.24) is 14.5 Å². The number of carbonyl (C=O) groups is 1. The van der Waals surface area contributed by atoms with Crippen LogP contribution in [0.5, 0.6) is 5.75 Å². The highest BCUT2D eigenvalue weighted by atomic mass is 16.5. The molecule has 3 rings (SSSR count). The molecule has 0 bridgehead atoms. The molecule has 1 amide bonds. The van der Waals surface area contributed by atoms with E-state index in [1.54, 1.807) is 30.4 Å². The molecule has 6 nitrogen and oxygen atoms in total. The summed E-state index contributed by atoms with van der Waals surface area (Å²) in [7, 11) is 1.68. The predicted octanol–water partition coefficient (Wildman–Crippen LogP) is 1.89. The van der Waals surface area contributed by atoms with Crippen LogP contribution in [-0.4, -0.2) is 52.8 Å². The Labute approximate surface area is 142 Å². The number of amides is 1. The van der Waals surface area contributed by atoms with Gasteiger partial charge in [0.1, 0.15) is 24.5 Å². The van der Waals surface area contributed by atoms with Gasteiger partial charge in [-0.25, -0.2) is 4.98 Å². The molecule has 2 aromatic rings. The highest BCUT2D eigenvalue weighted by molar-refractivity contribution is 5.76. The SMILES string of the molecule is CO[C@@]1(COc2cccc(C)c2)CCN(C(=O)Cn2ccnc2)C1. The van der Waals surface area contributed by atoms with Crippen molar-refractivity contribution in [3.05, 3.63) is 48.5 Å². The number of rotatable bonds is 6. The molecule has 2 heterocycles. The Balaban J connectivity index is 1.59. The van der Waals surface area contributed by atoms with Crippen LogP contribution < -0.4 is 4.74 Å². The van der Waals surface area contributed by atoms with E-state index in [0.29, 0.717) is 26.2 Å². The van der Waals surface area contributed by atoms with Crippen molar-refractivity contribution in [2.45, 2.75) is 25.5 Å². The van der Waals surface area contributed by atoms with Crippen molar-refractivity contribution in [3.63, 3.8) is 0 Å². The van der Waals surface area contributed by atoms with Crippen molar-refractivity contribution in [2.24, 2.45) is 0 Å². The molecular formula is C18H23N3O3. The second-order valence-corrected chi connectivity index (χ2v) is 6.29. The molecule has 0 radical (unpaired) electrons. The molecule has 0 saturated carbocycles. The Kier molecular flexibility index (Phi) is 4.85. The molecule has 1 aromatic carbocycles. The quantitative estimate of drug-likeness (QED) is 0.812. The van der Waals surface area contributed by atoms with E-state index in [4.69, 9.17) is 9.47 Å². The van der Waals surface area contributed by atoms with Gasteiger partial charge < -0.3 is 18.9 Å². The maximum atomic E-state index is 12.4. The van der Waals surface area contributed by atoms with E-state index in [0.717, 1.165) is 17.7 Å². The summed E-state index contributed by atoms with van der Waals surface area (Å²) in [6, 6.07) is 7.94. The van der Waals surface area contributed by atoms with E-state index in [-0.39, 0.29) is 5.91 Å². The molecule has 0 aliphatic carbocycles. The van der Waals surface area contributed by atoms with Gasteiger partial charge in [0.2, 0.25) is 5.91 Å². The number of imidazole rings is 1. The van der Waals surface area contributed by atoms with Gasteiger partial charge in [0.25, 0.3) is 0 Å². The molecule has 1 aliphatic heterocycles. The Morgan fingerprint density at radius 1 is 1.42 bits per heavy atom. The summed E-state index contributed by atoms with van der Waals surface area (Å²) in [5, 5.41) is 0. The first kappa shape index (κ1) is 16.5. The van der Waals surface area contributed by atoms with Crippen molar-refractivity contribution in [1.29, 1.82) is 0 Å². The standard InChI is InChI=1S/C18H23N3O3/c1-15-4-3-5-16(10-15)24-13-18(23-2)6-8-21(12-18)17(22)11-20-9-7-19-14-20/h3-5,7,9-10,14H,6,8,11-13H2,1-2H3/t18-/m0/s1. The molecule has 0 unspecified atom stereocenters. The second-order valence-electron chi connectivity index (χ2n) is 6.29. The Morgan fingerprint density at radius 2 is 2.29 bits per heavy atom. The summed E-state index contributed by atoms with van der Waals surface area (Å²) in [6.07, 6.45) is 5.88. The zero-order chi connectivity index (χ0) is 17.0. The van der Waals surface area contributed by atoms with Crippen LogP contribution in [0.3, 0.4) is 0 Å². The third kappa shape index (κ3) is 3.76. The number of hydrogen-bond acceptors (Lipinski definition) is 4. The van der Waals surface area contributed by atoms with Crippen molar-refractivity contribution in [2.75, 3.05) is 26.8 Å². The predicted molar refractivity (Wildman–Crippen MR) is 89.8 cm³/mol. The van der Waals surface area contributed by atoms with Crippen LogP contribution in [0.4, 0.5) is 0 Å². The zero-order valence-electron chi connectivity index (χ0n) is 14.1. The molecule has 0 N–H and O–H groups in total. The van der Waals surface area contributed by atoms with Gasteiger partial charge in [-0.15, -0.1) is 0 Å². The summed E-state index contributed by atoms with van der Waals surface area (Å²) in [5.41, 5.74) is 0.705. The lowest BCUT2D eigenvalue weighted by Crippen LogP contribution is -2.43. The fraction of sp³-hybridized carbons (Fsp3) is 0.444. The van der Waals surface area contributed by atoms with Gasteiger partial charge in [0.15, 0.2) is 0 Å². The molecule has 128 valence electrons. The smallest absolute Gasteiger partial charge is 0.242 e. The van der Waals surface area contributed by atoms with Gasteiger partial charge in [-0.2, -0.15) is 0 Å². The average molecular weight is 329 g/mol. The van der Waals surface area contributed by atoms with Crippen molar-refractivity contribution >= 4 is 5.91 Å². The van der Waals surface area contributed by atoms with Crippen LogP contribution in [0.25, 0.3) is 0 Å². The lowest BCUT2D eigenvalue weighted by atomic mass is 10.0. The molecule has 1 fully saturated rings.